The molecule has 0 heterocycles. The molecule has 1 aromatic rings. The largest absolute Gasteiger partial charge is 0.496 e. The van der Waals surface area contributed by atoms with Crippen molar-refractivity contribution in [2.24, 2.45) is 5.73 Å². The molecule has 4 nitrogen and oxygen atoms in total. The van der Waals surface area contributed by atoms with E-state index in [-0.39, 0.29) is 11.4 Å². The number of hydrogen-bond donors (Lipinski definition) is 2. The van der Waals surface area contributed by atoms with E-state index >= 15 is 0 Å². The summed E-state index contributed by atoms with van der Waals surface area (Å²) >= 11 is 3.42. The number of nitrogens with one attached hydrogen (secondary N) is 1. The van der Waals surface area contributed by atoms with Gasteiger partial charge in [-0.05, 0) is 53.9 Å². The van der Waals surface area contributed by atoms with Gasteiger partial charge in [-0.2, -0.15) is 0 Å². The van der Waals surface area contributed by atoms with Crippen LogP contribution in [0.4, 0.5) is 0 Å². The molecule has 1 amide bonds. The highest BCUT2D eigenvalue weighted by molar-refractivity contribution is 9.10. The minimum atomic E-state index is -0.305. The maximum absolute atomic E-state index is 11.7. The van der Waals surface area contributed by atoms with Gasteiger partial charge in [-0.1, -0.05) is 6.07 Å². The van der Waals surface area contributed by atoms with Crippen LogP contribution in [0.25, 0.3) is 0 Å². The summed E-state index contributed by atoms with van der Waals surface area (Å²) in [6.07, 6.45) is 1.12. The highest BCUT2D eigenvalue weighted by atomic mass is 79.9. The van der Waals surface area contributed by atoms with Crippen LogP contribution in [0.3, 0.4) is 0 Å². The Kier molecular flexibility index (Phi) is 5.82. The van der Waals surface area contributed by atoms with Gasteiger partial charge in [-0.15, -0.1) is 0 Å². The first kappa shape index (κ1) is 16.0. The van der Waals surface area contributed by atoms with E-state index in [0.717, 1.165) is 15.8 Å². The van der Waals surface area contributed by atoms with Gasteiger partial charge < -0.3 is 15.8 Å². The molecule has 3 N–H and O–H groups in total. The Morgan fingerprint density at radius 3 is 2.68 bits per heavy atom. The third-order valence-corrected chi connectivity index (χ3v) is 3.32. The van der Waals surface area contributed by atoms with Gasteiger partial charge >= 0.3 is 0 Å². The number of carbonyl (C=O) groups is 1. The van der Waals surface area contributed by atoms with E-state index in [1.54, 1.807) is 7.11 Å². The summed E-state index contributed by atoms with van der Waals surface area (Å²) < 4.78 is 6.03. The second-order valence-corrected chi connectivity index (χ2v) is 6.09. The summed E-state index contributed by atoms with van der Waals surface area (Å²) in [7, 11) is 1.62. The highest BCUT2D eigenvalue weighted by Crippen LogP contribution is 2.25. The average molecular weight is 329 g/mol. The Labute approximate surface area is 122 Å². The first-order valence-electron chi connectivity index (χ1n) is 6.20. The van der Waals surface area contributed by atoms with Crippen LogP contribution in [0.5, 0.6) is 5.75 Å². The van der Waals surface area contributed by atoms with E-state index in [1.165, 1.54) is 0 Å². The quantitative estimate of drug-likeness (QED) is 0.843. The van der Waals surface area contributed by atoms with Gasteiger partial charge in [0.05, 0.1) is 11.6 Å². The predicted molar refractivity (Wildman–Crippen MR) is 80.0 cm³/mol. The lowest BCUT2D eigenvalue weighted by Crippen LogP contribution is -2.34. The van der Waals surface area contributed by atoms with Crippen molar-refractivity contribution >= 4 is 21.8 Å². The van der Waals surface area contributed by atoms with Gasteiger partial charge in [0.25, 0.3) is 0 Å². The smallest absolute Gasteiger partial charge is 0.220 e. The van der Waals surface area contributed by atoms with Crippen LogP contribution in [-0.4, -0.2) is 18.6 Å². The summed E-state index contributed by atoms with van der Waals surface area (Å²) in [5.74, 6) is 0.797. The average Bonchev–Trinajstić information content (AvgIpc) is 2.33. The van der Waals surface area contributed by atoms with Crippen LogP contribution in [0.1, 0.15) is 32.3 Å². The van der Waals surface area contributed by atoms with Crippen molar-refractivity contribution in [1.82, 2.24) is 5.32 Å². The van der Waals surface area contributed by atoms with Gasteiger partial charge in [0, 0.05) is 18.5 Å². The molecule has 0 aliphatic heterocycles. The molecule has 0 unspecified atom stereocenters. The van der Waals surface area contributed by atoms with Crippen molar-refractivity contribution in [2.75, 3.05) is 7.11 Å². The van der Waals surface area contributed by atoms with E-state index < -0.39 is 0 Å². The molecule has 0 atom stereocenters. The minimum Gasteiger partial charge on any atom is -0.496 e. The fraction of sp³-hybridized carbons (Fsp3) is 0.500. The van der Waals surface area contributed by atoms with Crippen molar-refractivity contribution in [3.63, 3.8) is 0 Å². The van der Waals surface area contributed by atoms with Gasteiger partial charge in [0.15, 0.2) is 0 Å². The molecule has 0 saturated carbocycles. The second-order valence-electron chi connectivity index (χ2n) is 5.23. The first-order valence-corrected chi connectivity index (χ1v) is 6.99. The molecule has 5 heteroatoms. The summed E-state index contributed by atoms with van der Waals surface area (Å²) in [4.78, 5) is 11.7. The van der Waals surface area contributed by atoms with Crippen LogP contribution < -0.4 is 15.8 Å². The number of nitrogens with two attached hydrogens (primary N) is 1. The van der Waals surface area contributed by atoms with E-state index in [0.29, 0.717) is 19.4 Å². The Morgan fingerprint density at radius 2 is 2.16 bits per heavy atom. The molecule has 106 valence electrons. The van der Waals surface area contributed by atoms with Crippen LogP contribution >= 0.6 is 15.9 Å². The Hall–Kier alpha value is -1.07. The van der Waals surface area contributed by atoms with E-state index in [4.69, 9.17) is 10.5 Å². The van der Waals surface area contributed by atoms with Crippen molar-refractivity contribution < 1.29 is 9.53 Å². The number of rotatable bonds is 6. The van der Waals surface area contributed by atoms with E-state index in [9.17, 15) is 4.79 Å². The number of benzene rings is 1. The summed E-state index contributed by atoms with van der Waals surface area (Å²) in [5.41, 5.74) is 6.56. The molecule has 0 aromatic heterocycles. The normalized spacial score (nSPS) is 11.2. The van der Waals surface area contributed by atoms with Gasteiger partial charge in [-0.25, -0.2) is 0 Å². The number of halogens is 1. The maximum Gasteiger partial charge on any atom is 0.220 e. The van der Waals surface area contributed by atoms with Crippen LogP contribution in [-0.2, 0) is 11.3 Å². The number of methoxy groups -OCH3 is 1. The lowest BCUT2D eigenvalue weighted by Gasteiger charge is -2.17. The molecular formula is C14H21BrN2O2. The zero-order valence-electron chi connectivity index (χ0n) is 11.6. The minimum absolute atomic E-state index is 0.0189. The standard InChI is InChI=1S/C14H21BrN2O2/c1-14(2,16)7-6-13(18)17-9-10-4-5-12(19-3)11(15)8-10/h4-5,8H,6-7,9,16H2,1-3H3,(H,17,18). The molecule has 0 fully saturated rings. The molecule has 1 rings (SSSR count). The summed E-state index contributed by atoms with van der Waals surface area (Å²) in [6.45, 7) is 4.34. The van der Waals surface area contributed by atoms with Crippen LogP contribution in [0.2, 0.25) is 0 Å². The fourth-order valence-electron chi connectivity index (χ4n) is 1.54. The predicted octanol–water partition coefficient (Wildman–Crippen LogP) is 2.59. The monoisotopic (exact) mass is 328 g/mol. The zero-order chi connectivity index (χ0) is 14.5. The lowest BCUT2D eigenvalue weighted by atomic mass is 10.00. The number of ether oxygens (including phenoxy) is 1. The lowest BCUT2D eigenvalue weighted by molar-refractivity contribution is -0.121. The van der Waals surface area contributed by atoms with Gasteiger partial charge in [0.2, 0.25) is 5.91 Å². The number of carbonyl (C=O) groups excluding carboxylic acids is 1. The molecule has 0 spiro atoms. The van der Waals surface area contributed by atoms with Crippen molar-refractivity contribution in [2.45, 2.75) is 38.8 Å². The van der Waals surface area contributed by atoms with Crippen LogP contribution in [0.15, 0.2) is 22.7 Å². The van der Waals surface area contributed by atoms with Crippen LogP contribution in [0, 0.1) is 0 Å². The van der Waals surface area contributed by atoms with Crippen molar-refractivity contribution in [3.05, 3.63) is 28.2 Å². The van der Waals surface area contributed by atoms with Crippen molar-refractivity contribution in [1.29, 1.82) is 0 Å². The van der Waals surface area contributed by atoms with E-state index in [1.807, 2.05) is 32.0 Å². The second kappa shape index (κ2) is 6.91. The third kappa shape index (κ3) is 6.07. The summed E-state index contributed by atoms with van der Waals surface area (Å²) in [5, 5.41) is 2.88. The molecule has 0 radical (unpaired) electrons. The first-order chi connectivity index (χ1) is 8.81. The van der Waals surface area contributed by atoms with E-state index in [2.05, 4.69) is 21.2 Å². The Morgan fingerprint density at radius 1 is 1.47 bits per heavy atom. The molecule has 0 aliphatic carbocycles. The Balaban J connectivity index is 2.44. The fourth-order valence-corrected chi connectivity index (χ4v) is 2.13. The molecular weight excluding hydrogens is 308 g/mol. The molecule has 0 aliphatic rings. The van der Waals surface area contributed by atoms with Gasteiger partial charge in [0.1, 0.15) is 5.75 Å². The zero-order valence-corrected chi connectivity index (χ0v) is 13.2. The SMILES string of the molecule is COc1ccc(CNC(=O)CCC(C)(C)N)cc1Br. The number of hydrogen-bond acceptors (Lipinski definition) is 3. The van der Waals surface area contributed by atoms with Crippen molar-refractivity contribution in [3.8, 4) is 5.75 Å². The Bertz CT molecular complexity index is 442. The third-order valence-electron chi connectivity index (χ3n) is 2.70. The summed E-state index contributed by atoms with van der Waals surface area (Å²) in [6, 6.07) is 5.73. The molecule has 1 aromatic carbocycles. The highest BCUT2D eigenvalue weighted by Gasteiger charge is 2.13. The van der Waals surface area contributed by atoms with Gasteiger partial charge in [-0.3, -0.25) is 4.79 Å². The topological polar surface area (TPSA) is 64.3 Å². The maximum atomic E-state index is 11.7. The molecule has 0 saturated heterocycles. The molecule has 19 heavy (non-hydrogen) atoms. The number of amides is 1. The molecule has 0 bridgehead atoms.